The number of carbonyl (C=O) groups excluding carboxylic acids is 2. The summed E-state index contributed by atoms with van der Waals surface area (Å²) >= 11 is 2.08. The first-order chi connectivity index (χ1) is 6.97. The van der Waals surface area contributed by atoms with Gasteiger partial charge in [-0.15, -0.1) is 0 Å². The second kappa shape index (κ2) is 5.14. The quantitative estimate of drug-likeness (QED) is 0.450. The van der Waals surface area contributed by atoms with Crippen LogP contribution in [0.1, 0.15) is 27.2 Å². The number of alkyl halides is 1. The number of esters is 2. The summed E-state index contributed by atoms with van der Waals surface area (Å²) in [7, 11) is 0. The van der Waals surface area contributed by atoms with Gasteiger partial charge in [0.05, 0.1) is 9.84 Å². The summed E-state index contributed by atoms with van der Waals surface area (Å²) in [6.45, 7) is 5.49. The molecule has 1 rings (SSSR count). The molecule has 0 bridgehead atoms. The fraction of sp³-hybridized carbons (Fsp3) is 0.800. The standard InChI is InChI=1S/C10H15IO4/c1-4-5(2)9(12)15-8-7(11)6(3)14-10(8)13/h5-8H,4H2,1-3H3. The van der Waals surface area contributed by atoms with Crippen molar-refractivity contribution in [3.05, 3.63) is 0 Å². The Morgan fingerprint density at radius 2 is 2.27 bits per heavy atom. The highest BCUT2D eigenvalue weighted by atomic mass is 127. The molecule has 1 aliphatic rings. The largest absolute Gasteiger partial charge is 0.459 e. The molecule has 0 aliphatic carbocycles. The third-order valence-corrected chi connectivity index (χ3v) is 4.20. The van der Waals surface area contributed by atoms with Crippen LogP contribution in [0.2, 0.25) is 0 Å². The fourth-order valence-electron chi connectivity index (χ4n) is 1.21. The first kappa shape index (κ1) is 12.7. The second-order valence-electron chi connectivity index (χ2n) is 3.75. The third-order valence-electron chi connectivity index (χ3n) is 2.53. The van der Waals surface area contributed by atoms with Gasteiger partial charge in [0.25, 0.3) is 0 Å². The van der Waals surface area contributed by atoms with Crippen LogP contribution >= 0.6 is 22.6 Å². The van der Waals surface area contributed by atoms with Crippen molar-refractivity contribution in [2.24, 2.45) is 5.92 Å². The number of ether oxygens (including phenoxy) is 2. The molecule has 1 fully saturated rings. The summed E-state index contributed by atoms with van der Waals surface area (Å²) in [5, 5.41) is 0. The lowest BCUT2D eigenvalue weighted by Gasteiger charge is -2.15. The Morgan fingerprint density at radius 3 is 2.67 bits per heavy atom. The molecule has 1 aliphatic heterocycles. The predicted molar refractivity (Wildman–Crippen MR) is 62.7 cm³/mol. The molecule has 0 aromatic rings. The van der Waals surface area contributed by atoms with Crippen molar-refractivity contribution in [3.63, 3.8) is 0 Å². The molecular weight excluding hydrogens is 311 g/mol. The van der Waals surface area contributed by atoms with Crippen LogP contribution in [0, 0.1) is 5.92 Å². The van der Waals surface area contributed by atoms with Crippen molar-refractivity contribution in [3.8, 4) is 0 Å². The van der Waals surface area contributed by atoms with Gasteiger partial charge in [-0.3, -0.25) is 4.79 Å². The smallest absolute Gasteiger partial charge is 0.349 e. The first-order valence-electron chi connectivity index (χ1n) is 5.02. The lowest BCUT2D eigenvalue weighted by atomic mass is 10.1. The Balaban J connectivity index is 2.58. The zero-order valence-corrected chi connectivity index (χ0v) is 11.2. The van der Waals surface area contributed by atoms with Crippen LogP contribution in [0.3, 0.4) is 0 Å². The monoisotopic (exact) mass is 326 g/mol. The lowest BCUT2D eigenvalue weighted by Crippen LogP contribution is -2.32. The van der Waals surface area contributed by atoms with Crippen molar-refractivity contribution in [1.82, 2.24) is 0 Å². The average molecular weight is 326 g/mol. The van der Waals surface area contributed by atoms with E-state index in [1.54, 1.807) is 13.8 Å². The minimum atomic E-state index is -0.734. The van der Waals surface area contributed by atoms with Crippen LogP contribution in [-0.2, 0) is 19.1 Å². The predicted octanol–water partition coefficient (Wildman–Crippen LogP) is 1.69. The third kappa shape index (κ3) is 2.83. The van der Waals surface area contributed by atoms with E-state index in [1.807, 2.05) is 6.92 Å². The number of carbonyl (C=O) groups is 2. The molecule has 15 heavy (non-hydrogen) atoms. The van der Waals surface area contributed by atoms with Gasteiger partial charge in [0.1, 0.15) is 6.10 Å². The Morgan fingerprint density at radius 1 is 1.67 bits per heavy atom. The number of rotatable bonds is 3. The van der Waals surface area contributed by atoms with E-state index in [4.69, 9.17) is 9.47 Å². The van der Waals surface area contributed by atoms with Gasteiger partial charge in [-0.1, -0.05) is 36.4 Å². The molecule has 86 valence electrons. The second-order valence-corrected chi connectivity index (χ2v) is 5.19. The summed E-state index contributed by atoms with van der Waals surface area (Å²) < 4.78 is 10.0. The average Bonchev–Trinajstić information content (AvgIpc) is 2.43. The van der Waals surface area contributed by atoms with Crippen LogP contribution in [-0.4, -0.2) is 28.1 Å². The normalized spacial score (nSPS) is 32.3. The van der Waals surface area contributed by atoms with E-state index >= 15 is 0 Å². The Kier molecular flexibility index (Phi) is 4.36. The Bertz CT molecular complexity index is 266. The van der Waals surface area contributed by atoms with Gasteiger partial charge in [0.2, 0.25) is 6.10 Å². The fourth-order valence-corrected chi connectivity index (χ4v) is 1.80. The lowest BCUT2D eigenvalue weighted by molar-refractivity contribution is -0.163. The molecule has 0 radical (unpaired) electrons. The number of hydrogen-bond donors (Lipinski definition) is 0. The van der Waals surface area contributed by atoms with Gasteiger partial charge in [-0.25, -0.2) is 4.79 Å². The molecular formula is C10H15IO4. The summed E-state index contributed by atoms with van der Waals surface area (Å²) in [6.07, 6.45) is -0.211. The molecule has 1 heterocycles. The van der Waals surface area contributed by atoms with Crippen LogP contribution in [0.4, 0.5) is 0 Å². The van der Waals surface area contributed by atoms with Crippen molar-refractivity contribution in [2.45, 2.75) is 43.3 Å². The van der Waals surface area contributed by atoms with Crippen molar-refractivity contribution in [1.29, 1.82) is 0 Å². The molecule has 4 nitrogen and oxygen atoms in total. The van der Waals surface area contributed by atoms with Gasteiger partial charge < -0.3 is 9.47 Å². The van der Waals surface area contributed by atoms with Crippen LogP contribution in [0.5, 0.6) is 0 Å². The summed E-state index contributed by atoms with van der Waals surface area (Å²) in [4.78, 5) is 22.8. The van der Waals surface area contributed by atoms with E-state index in [1.165, 1.54) is 0 Å². The molecule has 0 aromatic carbocycles. The van der Waals surface area contributed by atoms with Gasteiger partial charge >= 0.3 is 11.9 Å². The minimum Gasteiger partial charge on any atom is -0.459 e. The molecule has 0 amide bonds. The summed E-state index contributed by atoms with van der Waals surface area (Å²) in [6, 6.07) is 0. The van der Waals surface area contributed by atoms with Crippen molar-refractivity contribution in [2.75, 3.05) is 0 Å². The molecule has 0 N–H and O–H groups in total. The molecule has 0 saturated carbocycles. The van der Waals surface area contributed by atoms with E-state index in [0.717, 1.165) is 0 Å². The van der Waals surface area contributed by atoms with E-state index in [9.17, 15) is 9.59 Å². The molecule has 4 atom stereocenters. The molecule has 1 saturated heterocycles. The Labute approximate surface area is 103 Å². The van der Waals surface area contributed by atoms with Gasteiger partial charge in [-0.05, 0) is 13.3 Å². The zero-order chi connectivity index (χ0) is 11.6. The van der Waals surface area contributed by atoms with Gasteiger partial charge in [0, 0.05) is 0 Å². The molecule has 0 spiro atoms. The highest BCUT2D eigenvalue weighted by Gasteiger charge is 2.43. The number of halogens is 1. The molecule has 0 aromatic heterocycles. The Hall–Kier alpha value is -0.330. The number of cyclic esters (lactones) is 1. The molecule has 5 heteroatoms. The maximum Gasteiger partial charge on any atom is 0.349 e. The van der Waals surface area contributed by atoms with Crippen LogP contribution < -0.4 is 0 Å². The highest BCUT2D eigenvalue weighted by molar-refractivity contribution is 14.1. The van der Waals surface area contributed by atoms with E-state index in [0.29, 0.717) is 6.42 Å². The van der Waals surface area contributed by atoms with Gasteiger partial charge in [-0.2, -0.15) is 0 Å². The van der Waals surface area contributed by atoms with Gasteiger partial charge in [0.15, 0.2) is 0 Å². The maximum atomic E-state index is 11.5. The van der Waals surface area contributed by atoms with Crippen LogP contribution in [0.25, 0.3) is 0 Å². The SMILES string of the molecule is CCC(C)C(=O)OC1C(=O)OC(C)C1I. The van der Waals surface area contributed by atoms with E-state index in [-0.39, 0.29) is 21.9 Å². The maximum absolute atomic E-state index is 11.5. The van der Waals surface area contributed by atoms with E-state index in [2.05, 4.69) is 22.6 Å². The topological polar surface area (TPSA) is 52.6 Å². The zero-order valence-electron chi connectivity index (χ0n) is 9.03. The highest BCUT2D eigenvalue weighted by Crippen LogP contribution is 2.26. The summed E-state index contributed by atoms with van der Waals surface area (Å²) in [5.74, 6) is -0.925. The van der Waals surface area contributed by atoms with Crippen LogP contribution in [0.15, 0.2) is 0 Å². The van der Waals surface area contributed by atoms with Crippen molar-refractivity contribution >= 4 is 34.5 Å². The van der Waals surface area contributed by atoms with Crippen molar-refractivity contribution < 1.29 is 19.1 Å². The minimum absolute atomic E-state index is 0.0943. The number of hydrogen-bond acceptors (Lipinski definition) is 4. The summed E-state index contributed by atoms with van der Waals surface area (Å²) in [5.41, 5.74) is 0. The van der Waals surface area contributed by atoms with E-state index < -0.39 is 12.1 Å². The first-order valence-corrected chi connectivity index (χ1v) is 6.27. The molecule has 4 unspecified atom stereocenters.